The molecule has 19 heavy (non-hydrogen) atoms. The van der Waals surface area contributed by atoms with Crippen LogP contribution in [0.5, 0.6) is 0 Å². The zero-order valence-corrected chi connectivity index (χ0v) is 12.6. The Bertz CT molecular complexity index is 598. The van der Waals surface area contributed by atoms with Crippen LogP contribution in [0.1, 0.15) is 12.5 Å². The number of para-hydroxylation sites is 1. The summed E-state index contributed by atoms with van der Waals surface area (Å²) in [5, 5.41) is 5.04. The third-order valence-electron chi connectivity index (χ3n) is 3.01. The Morgan fingerprint density at radius 2 is 2.21 bits per heavy atom. The number of rotatable bonds is 5. The second-order valence-corrected chi connectivity index (χ2v) is 6.07. The van der Waals surface area contributed by atoms with Gasteiger partial charge in [0.15, 0.2) is 0 Å². The topological polar surface area (TPSA) is 50.9 Å². The van der Waals surface area contributed by atoms with Crippen LogP contribution in [-0.4, -0.2) is 28.0 Å². The van der Waals surface area contributed by atoms with E-state index in [2.05, 4.69) is 23.5 Å². The van der Waals surface area contributed by atoms with Crippen molar-refractivity contribution in [1.82, 2.24) is 4.98 Å². The van der Waals surface area contributed by atoms with Crippen molar-refractivity contribution in [2.45, 2.75) is 12.2 Å². The lowest BCUT2D eigenvalue weighted by Crippen LogP contribution is -2.18. The number of thioether (sulfide) groups is 1. The first-order valence-corrected chi connectivity index (χ1v) is 7.77. The summed E-state index contributed by atoms with van der Waals surface area (Å²) in [6.07, 6.45) is 3.85. The molecule has 1 heterocycles. The van der Waals surface area contributed by atoms with E-state index >= 15 is 0 Å². The van der Waals surface area contributed by atoms with Crippen molar-refractivity contribution in [3.8, 4) is 0 Å². The number of anilines is 1. The van der Waals surface area contributed by atoms with Crippen molar-refractivity contribution >= 4 is 45.6 Å². The third-order valence-corrected chi connectivity index (χ3v) is 4.20. The van der Waals surface area contributed by atoms with E-state index in [4.69, 9.17) is 18.0 Å². The molecule has 0 aliphatic carbocycles. The number of aromatic nitrogens is 1. The summed E-state index contributed by atoms with van der Waals surface area (Å²) in [7, 11) is 0. The monoisotopic (exact) mass is 291 g/mol. The number of nitrogens with zero attached hydrogens (tertiary/aromatic N) is 1. The second-order valence-electron chi connectivity index (χ2n) is 4.36. The van der Waals surface area contributed by atoms with Crippen molar-refractivity contribution in [2.75, 3.05) is 18.1 Å². The predicted octanol–water partition coefficient (Wildman–Crippen LogP) is 3.03. The van der Waals surface area contributed by atoms with Crippen LogP contribution in [0.4, 0.5) is 5.69 Å². The molecule has 0 bridgehead atoms. The molecule has 5 heteroatoms. The van der Waals surface area contributed by atoms with Crippen molar-refractivity contribution < 1.29 is 0 Å². The molecule has 1 aromatic heterocycles. The van der Waals surface area contributed by atoms with Crippen LogP contribution in [-0.2, 0) is 0 Å². The Morgan fingerprint density at radius 3 is 2.89 bits per heavy atom. The molecule has 0 spiro atoms. The van der Waals surface area contributed by atoms with Crippen LogP contribution < -0.4 is 11.1 Å². The SMILES string of the molecule is CSC(C)CNc1c(C(N)=S)cnc2ccccc12. The van der Waals surface area contributed by atoms with Gasteiger partial charge in [-0.15, -0.1) is 0 Å². The summed E-state index contributed by atoms with van der Waals surface area (Å²) in [5.74, 6) is 0. The highest BCUT2D eigenvalue weighted by Gasteiger charge is 2.11. The maximum Gasteiger partial charge on any atom is 0.107 e. The molecule has 3 N–H and O–H groups in total. The third kappa shape index (κ3) is 3.16. The van der Waals surface area contributed by atoms with Crippen LogP contribution in [0.15, 0.2) is 30.5 Å². The van der Waals surface area contributed by atoms with E-state index in [0.29, 0.717) is 10.2 Å². The largest absolute Gasteiger partial charge is 0.389 e. The minimum atomic E-state index is 0.373. The number of nitrogens with two attached hydrogens (primary N) is 1. The normalized spacial score (nSPS) is 12.3. The molecule has 2 aromatic rings. The fourth-order valence-electron chi connectivity index (χ4n) is 1.85. The standard InChI is InChI=1S/C14H17N3S2/c1-9(19-2)7-17-13-10-5-3-4-6-12(10)16-8-11(13)14(15)18/h3-6,8-9H,7H2,1-2H3,(H2,15,18)(H,16,17). The van der Waals surface area contributed by atoms with Gasteiger partial charge in [-0.3, -0.25) is 4.98 Å². The summed E-state index contributed by atoms with van der Waals surface area (Å²) in [6.45, 7) is 3.05. The number of benzene rings is 1. The minimum Gasteiger partial charge on any atom is -0.389 e. The summed E-state index contributed by atoms with van der Waals surface area (Å²) >= 11 is 6.93. The maximum absolute atomic E-state index is 5.79. The Labute approximate surface area is 123 Å². The average molecular weight is 291 g/mol. The van der Waals surface area contributed by atoms with E-state index in [9.17, 15) is 0 Å². The predicted molar refractivity (Wildman–Crippen MR) is 89.1 cm³/mol. The Kier molecular flexibility index (Phi) is 4.61. The Balaban J connectivity index is 2.46. The lowest BCUT2D eigenvalue weighted by Gasteiger charge is -2.16. The van der Waals surface area contributed by atoms with Crippen LogP contribution in [0.3, 0.4) is 0 Å². The molecule has 0 radical (unpaired) electrons. The molecular formula is C14H17N3S2. The summed E-state index contributed by atoms with van der Waals surface area (Å²) < 4.78 is 0. The van der Waals surface area contributed by atoms with E-state index in [0.717, 1.165) is 28.7 Å². The van der Waals surface area contributed by atoms with Gasteiger partial charge in [0, 0.05) is 23.4 Å². The average Bonchev–Trinajstić information content (AvgIpc) is 2.43. The molecule has 1 aromatic carbocycles. The van der Waals surface area contributed by atoms with Gasteiger partial charge in [0.05, 0.1) is 16.8 Å². The first-order valence-electron chi connectivity index (χ1n) is 6.07. The zero-order valence-electron chi connectivity index (χ0n) is 11.0. The van der Waals surface area contributed by atoms with Crippen molar-refractivity contribution in [3.05, 3.63) is 36.0 Å². The van der Waals surface area contributed by atoms with Crippen LogP contribution in [0.2, 0.25) is 0 Å². The minimum absolute atomic E-state index is 0.373. The van der Waals surface area contributed by atoms with Crippen LogP contribution in [0, 0.1) is 0 Å². The van der Waals surface area contributed by atoms with Gasteiger partial charge in [0.2, 0.25) is 0 Å². The highest BCUT2D eigenvalue weighted by molar-refractivity contribution is 7.99. The van der Waals surface area contributed by atoms with E-state index < -0.39 is 0 Å². The van der Waals surface area contributed by atoms with Gasteiger partial charge in [0.1, 0.15) is 4.99 Å². The molecule has 3 nitrogen and oxygen atoms in total. The molecule has 0 saturated carbocycles. The number of pyridine rings is 1. The van der Waals surface area contributed by atoms with Gasteiger partial charge in [-0.05, 0) is 12.3 Å². The molecule has 1 atom stereocenters. The molecule has 0 saturated heterocycles. The van der Waals surface area contributed by atoms with E-state index in [1.807, 2.05) is 36.0 Å². The lowest BCUT2D eigenvalue weighted by molar-refractivity contribution is 1.00. The Hall–Kier alpha value is -1.33. The number of hydrogen-bond donors (Lipinski definition) is 2. The molecule has 1 unspecified atom stereocenters. The van der Waals surface area contributed by atoms with Crippen molar-refractivity contribution in [1.29, 1.82) is 0 Å². The van der Waals surface area contributed by atoms with Gasteiger partial charge < -0.3 is 11.1 Å². The number of fused-ring (bicyclic) bond motifs is 1. The summed E-state index contributed by atoms with van der Waals surface area (Å²) in [5.41, 5.74) is 8.53. The smallest absolute Gasteiger partial charge is 0.107 e. The van der Waals surface area contributed by atoms with Crippen molar-refractivity contribution in [2.24, 2.45) is 5.73 Å². The van der Waals surface area contributed by atoms with Crippen LogP contribution in [0.25, 0.3) is 10.9 Å². The summed E-state index contributed by atoms with van der Waals surface area (Å²) in [6, 6.07) is 8.00. The fourth-order valence-corrected chi connectivity index (χ4v) is 2.25. The van der Waals surface area contributed by atoms with E-state index in [1.165, 1.54) is 0 Å². The number of thiocarbonyl (C=S) groups is 1. The highest BCUT2D eigenvalue weighted by Crippen LogP contribution is 2.26. The quantitative estimate of drug-likeness (QED) is 0.829. The molecule has 100 valence electrons. The second kappa shape index (κ2) is 6.21. The molecule has 0 fully saturated rings. The van der Waals surface area contributed by atoms with Gasteiger partial charge >= 0.3 is 0 Å². The van der Waals surface area contributed by atoms with Crippen LogP contribution >= 0.6 is 24.0 Å². The van der Waals surface area contributed by atoms with Crippen molar-refractivity contribution in [3.63, 3.8) is 0 Å². The number of hydrogen-bond acceptors (Lipinski definition) is 4. The van der Waals surface area contributed by atoms with Gasteiger partial charge in [-0.1, -0.05) is 37.3 Å². The van der Waals surface area contributed by atoms with E-state index in [-0.39, 0.29) is 0 Å². The molecule has 0 aliphatic rings. The maximum atomic E-state index is 5.79. The lowest BCUT2D eigenvalue weighted by atomic mass is 10.1. The molecule has 0 amide bonds. The molecule has 2 rings (SSSR count). The zero-order chi connectivity index (χ0) is 13.8. The highest BCUT2D eigenvalue weighted by atomic mass is 32.2. The van der Waals surface area contributed by atoms with Gasteiger partial charge in [0.25, 0.3) is 0 Å². The van der Waals surface area contributed by atoms with E-state index in [1.54, 1.807) is 6.20 Å². The first-order chi connectivity index (χ1) is 9.13. The van der Waals surface area contributed by atoms with Gasteiger partial charge in [-0.25, -0.2) is 0 Å². The molecular weight excluding hydrogens is 274 g/mol. The fraction of sp³-hybridized carbons (Fsp3) is 0.286. The number of nitrogens with one attached hydrogen (secondary N) is 1. The first kappa shape index (κ1) is 14.1. The Morgan fingerprint density at radius 1 is 1.47 bits per heavy atom. The van der Waals surface area contributed by atoms with Gasteiger partial charge in [-0.2, -0.15) is 11.8 Å². The summed E-state index contributed by atoms with van der Waals surface area (Å²) in [4.78, 5) is 4.77. The molecule has 0 aliphatic heterocycles.